The summed E-state index contributed by atoms with van der Waals surface area (Å²) >= 11 is 3.46. The Labute approximate surface area is 131 Å². The molecular formula is C17H27BrN2. The third kappa shape index (κ3) is 5.17. The molecule has 112 valence electrons. The molecule has 0 radical (unpaired) electrons. The maximum Gasteiger partial charge on any atom is 0.0413 e. The first-order valence-corrected chi connectivity index (χ1v) is 8.59. The number of hydrogen-bond acceptors (Lipinski definition) is 2. The van der Waals surface area contributed by atoms with Gasteiger partial charge in [0, 0.05) is 21.9 Å². The van der Waals surface area contributed by atoms with E-state index >= 15 is 0 Å². The van der Waals surface area contributed by atoms with Gasteiger partial charge in [-0.3, -0.25) is 4.98 Å². The minimum atomic E-state index is 0.220. The van der Waals surface area contributed by atoms with Crippen molar-refractivity contribution in [3.8, 4) is 0 Å². The summed E-state index contributed by atoms with van der Waals surface area (Å²) in [6.07, 6.45) is 8.54. The Bertz CT molecular complexity index is 408. The lowest BCUT2D eigenvalue weighted by Gasteiger charge is -2.34. The molecule has 0 amide bonds. The van der Waals surface area contributed by atoms with E-state index < -0.39 is 0 Å². The Morgan fingerprint density at radius 2 is 1.90 bits per heavy atom. The fourth-order valence-electron chi connectivity index (χ4n) is 3.06. The van der Waals surface area contributed by atoms with Gasteiger partial charge in [0.1, 0.15) is 0 Å². The fourth-order valence-corrected chi connectivity index (χ4v) is 3.29. The summed E-state index contributed by atoms with van der Waals surface area (Å²) in [6, 6.07) is 4.26. The van der Waals surface area contributed by atoms with Crippen LogP contribution in [-0.2, 0) is 6.42 Å². The first-order chi connectivity index (χ1) is 9.44. The lowest BCUT2D eigenvalue weighted by Crippen LogP contribution is -2.41. The van der Waals surface area contributed by atoms with Crippen molar-refractivity contribution in [2.45, 2.75) is 58.4 Å². The van der Waals surface area contributed by atoms with Crippen molar-refractivity contribution in [1.82, 2.24) is 10.3 Å². The van der Waals surface area contributed by atoms with Crippen LogP contribution in [-0.4, -0.2) is 17.1 Å². The molecule has 1 aliphatic rings. The number of nitrogens with one attached hydrogen (secondary N) is 1. The highest BCUT2D eigenvalue weighted by Gasteiger charge is 2.26. The van der Waals surface area contributed by atoms with Crippen molar-refractivity contribution in [1.29, 1.82) is 0 Å². The Balaban J connectivity index is 1.94. The monoisotopic (exact) mass is 338 g/mol. The summed E-state index contributed by atoms with van der Waals surface area (Å²) < 4.78 is 1.07. The van der Waals surface area contributed by atoms with Crippen LogP contribution in [0.25, 0.3) is 0 Å². The van der Waals surface area contributed by atoms with Crippen molar-refractivity contribution < 1.29 is 0 Å². The topological polar surface area (TPSA) is 24.9 Å². The van der Waals surface area contributed by atoms with Crippen molar-refractivity contribution in [2.75, 3.05) is 6.54 Å². The van der Waals surface area contributed by atoms with Gasteiger partial charge in [-0.25, -0.2) is 0 Å². The third-order valence-electron chi connectivity index (χ3n) is 4.22. The van der Waals surface area contributed by atoms with Gasteiger partial charge in [0.15, 0.2) is 0 Å². The number of pyridine rings is 1. The summed E-state index contributed by atoms with van der Waals surface area (Å²) in [5.74, 6) is 1.58. The van der Waals surface area contributed by atoms with Crippen molar-refractivity contribution in [2.24, 2.45) is 11.8 Å². The molecule has 0 aliphatic heterocycles. The highest BCUT2D eigenvalue weighted by Crippen LogP contribution is 2.32. The SMILES string of the molecule is CC(C)(C)NCC1CCCCC1Cc1ccc(Br)cn1. The van der Waals surface area contributed by atoms with E-state index in [1.165, 1.54) is 31.4 Å². The average molecular weight is 339 g/mol. The van der Waals surface area contributed by atoms with Gasteiger partial charge in [-0.05, 0) is 86.5 Å². The number of rotatable bonds is 4. The zero-order valence-corrected chi connectivity index (χ0v) is 14.5. The quantitative estimate of drug-likeness (QED) is 0.868. The molecule has 0 aromatic carbocycles. The standard InChI is InChI=1S/C17H27BrN2/c1-17(2,3)20-11-14-7-5-4-6-13(14)10-16-9-8-15(18)12-19-16/h8-9,12-14,20H,4-7,10-11H2,1-3H3. The van der Waals surface area contributed by atoms with Gasteiger partial charge in [-0.1, -0.05) is 12.8 Å². The molecule has 3 heteroatoms. The van der Waals surface area contributed by atoms with Gasteiger partial charge in [0.05, 0.1) is 0 Å². The largest absolute Gasteiger partial charge is 0.312 e. The van der Waals surface area contributed by atoms with E-state index in [0.29, 0.717) is 0 Å². The van der Waals surface area contributed by atoms with Crippen LogP contribution in [0.1, 0.15) is 52.1 Å². The Morgan fingerprint density at radius 1 is 1.20 bits per heavy atom. The average Bonchev–Trinajstić information content (AvgIpc) is 2.39. The first kappa shape index (κ1) is 16.0. The molecule has 2 unspecified atom stereocenters. The van der Waals surface area contributed by atoms with E-state index in [4.69, 9.17) is 0 Å². The number of halogens is 1. The molecule has 1 N–H and O–H groups in total. The number of aromatic nitrogens is 1. The van der Waals surface area contributed by atoms with Crippen molar-refractivity contribution in [3.05, 3.63) is 28.5 Å². The normalized spacial score (nSPS) is 23.8. The summed E-state index contributed by atoms with van der Waals surface area (Å²) in [5, 5.41) is 3.69. The highest BCUT2D eigenvalue weighted by molar-refractivity contribution is 9.10. The molecule has 1 fully saturated rings. The van der Waals surface area contributed by atoms with Crippen LogP contribution in [0.3, 0.4) is 0 Å². The molecule has 0 bridgehead atoms. The molecule has 2 rings (SSSR count). The summed E-state index contributed by atoms with van der Waals surface area (Å²) in [6.45, 7) is 7.90. The molecule has 1 aromatic heterocycles. The van der Waals surface area contributed by atoms with Gasteiger partial charge in [-0.15, -0.1) is 0 Å². The van der Waals surface area contributed by atoms with E-state index in [9.17, 15) is 0 Å². The Hall–Kier alpha value is -0.410. The minimum Gasteiger partial charge on any atom is -0.312 e. The van der Waals surface area contributed by atoms with Gasteiger partial charge >= 0.3 is 0 Å². The minimum absolute atomic E-state index is 0.220. The molecule has 20 heavy (non-hydrogen) atoms. The van der Waals surface area contributed by atoms with E-state index in [2.05, 4.69) is 59.1 Å². The Morgan fingerprint density at radius 3 is 2.50 bits per heavy atom. The van der Waals surface area contributed by atoms with Crippen LogP contribution in [0.5, 0.6) is 0 Å². The van der Waals surface area contributed by atoms with Crippen LogP contribution in [0.15, 0.2) is 22.8 Å². The van der Waals surface area contributed by atoms with Crippen LogP contribution < -0.4 is 5.32 Å². The van der Waals surface area contributed by atoms with Crippen LogP contribution >= 0.6 is 15.9 Å². The summed E-state index contributed by atoms with van der Waals surface area (Å²) in [4.78, 5) is 4.55. The maximum atomic E-state index is 4.55. The van der Waals surface area contributed by atoms with Crippen LogP contribution in [0.2, 0.25) is 0 Å². The fraction of sp³-hybridized carbons (Fsp3) is 0.706. The number of nitrogens with zero attached hydrogens (tertiary/aromatic N) is 1. The van der Waals surface area contributed by atoms with E-state index in [1.807, 2.05) is 6.20 Å². The predicted molar refractivity (Wildman–Crippen MR) is 88.8 cm³/mol. The molecule has 0 saturated heterocycles. The van der Waals surface area contributed by atoms with Gasteiger partial charge in [-0.2, -0.15) is 0 Å². The summed E-state index contributed by atoms with van der Waals surface area (Å²) in [7, 11) is 0. The van der Waals surface area contributed by atoms with Gasteiger partial charge < -0.3 is 5.32 Å². The molecule has 0 spiro atoms. The Kier molecular flexibility index (Phi) is 5.62. The van der Waals surface area contributed by atoms with E-state index in [1.54, 1.807) is 0 Å². The molecular weight excluding hydrogens is 312 g/mol. The van der Waals surface area contributed by atoms with Gasteiger partial charge in [0.2, 0.25) is 0 Å². The van der Waals surface area contributed by atoms with Crippen molar-refractivity contribution >= 4 is 15.9 Å². The van der Waals surface area contributed by atoms with E-state index in [-0.39, 0.29) is 5.54 Å². The lowest BCUT2D eigenvalue weighted by atomic mass is 9.76. The molecule has 1 aliphatic carbocycles. The second kappa shape index (κ2) is 7.04. The van der Waals surface area contributed by atoms with Crippen molar-refractivity contribution in [3.63, 3.8) is 0 Å². The lowest BCUT2D eigenvalue weighted by molar-refractivity contribution is 0.212. The first-order valence-electron chi connectivity index (χ1n) is 7.79. The maximum absolute atomic E-state index is 4.55. The summed E-state index contributed by atoms with van der Waals surface area (Å²) in [5.41, 5.74) is 1.46. The molecule has 2 atom stereocenters. The predicted octanol–water partition coefficient (Wildman–Crippen LogP) is 4.58. The van der Waals surface area contributed by atoms with Crippen LogP contribution in [0.4, 0.5) is 0 Å². The second-order valence-electron chi connectivity index (χ2n) is 7.11. The zero-order chi connectivity index (χ0) is 14.6. The molecule has 1 saturated carbocycles. The third-order valence-corrected chi connectivity index (χ3v) is 4.69. The second-order valence-corrected chi connectivity index (χ2v) is 8.02. The molecule has 2 nitrogen and oxygen atoms in total. The number of hydrogen-bond donors (Lipinski definition) is 1. The highest BCUT2D eigenvalue weighted by atomic mass is 79.9. The van der Waals surface area contributed by atoms with Crippen LogP contribution in [0, 0.1) is 11.8 Å². The zero-order valence-electron chi connectivity index (χ0n) is 13.0. The van der Waals surface area contributed by atoms with E-state index in [0.717, 1.165) is 29.3 Å². The molecule has 1 heterocycles. The molecule has 1 aromatic rings. The smallest absolute Gasteiger partial charge is 0.0413 e. The van der Waals surface area contributed by atoms with Gasteiger partial charge in [0.25, 0.3) is 0 Å².